The van der Waals surface area contributed by atoms with E-state index in [2.05, 4.69) is 5.32 Å². The van der Waals surface area contributed by atoms with E-state index in [-0.39, 0.29) is 18.1 Å². The molecule has 1 amide bonds. The number of carbonyl (C=O) groups is 1. The number of amides is 1. The third-order valence-corrected chi connectivity index (χ3v) is 3.52. The molecule has 0 saturated carbocycles. The predicted octanol–water partition coefficient (Wildman–Crippen LogP) is 1.28. The summed E-state index contributed by atoms with van der Waals surface area (Å²) in [6, 6.07) is 5.76. The lowest BCUT2D eigenvalue weighted by Crippen LogP contribution is -2.18. The van der Waals surface area contributed by atoms with Crippen LogP contribution in [0.1, 0.15) is 10.9 Å². The molecule has 2 aliphatic heterocycles. The number of nitrogens with one attached hydrogen (secondary N) is 1. The third-order valence-electron chi connectivity index (χ3n) is 2.37. The van der Waals surface area contributed by atoms with Crippen LogP contribution in [0, 0.1) is 0 Å². The largest absolute Gasteiger partial charge is 0.454 e. The zero-order chi connectivity index (χ0) is 10.3. The lowest BCUT2D eigenvalue weighted by Gasteiger charge is -2.09. The molecular weight excluding hydrogens is 214 g/mol. The highest BCUT2D eigenvalue weighted by molar-refractivity contribution is 8.00. The van der Waals surface area contributed by atoms with Crippen LogP contribution in [0.5, 0.6) is 11.5 Å². The fourth-order valence-corrected chi connectivity index (χ4v) is 2.60. The predicted molar refractivity (Wildman–Crippen MR) is 55.9 cm³/mol. The van der Waals surface area contributed by atoms with Crippen LogP contribution in [0.4, 0.5) is 0 Å². The molecule has 5 heteroatoms. The van der Waals surface area contributed by atoms with E-state index in [1.54, 1.807) is 11.8 Å². The average molecular weight is 223 g/mol. The fraction of sp³-hybridized carbons (Fsp3) is 0.300. The summed E-state index contributed by atoms with van der Waals surface area (Å²) in [5, 5.41) is 2.94. The minimum Gasteiger partial charge on any atom is -0.454 e. The smallest absolute Gasteiger partial charge is 0.231 e. The van der Waals surface area contributed by atoms with E-state index < -0.39 is 0 Å². The molecule has 0 aliphatic carbocycles. The van der Waals surface area contributed by atoms with E-state index in [1.807, 2.05) is 18.2 Å². The summed E-state index contributed by atoms with van der Waals surface area (Å²) in [6.07, 6.45) is 0. The standard InChI is InChI=1S/C10H9NO3S/c12-9-4-15-10(11-9)6-1-2-7-8(3-6)14-5-13-7/h1-3,10H,4-5H2,(H,11,12)/t10-/m0/s1. The quantitative estimate of drug-likeness (QED) is 0.779. The molecule has 78 valence electrons. The Kier molecular flexibility index (Phi) is 1.98. The second-order valence-corrected chi connectivity index (χ2v) is 4.46. The normalized spacial score (nSPS) is 22.9. The van der Waals surface area contributed by atoms with Crippen LogP contribution < -0.4 is 14.8 Å². The molecule has 1 saturated heterocycles. The Labute approximate surface area is 90.9 Å². The number of benzene rings is 1. The van der Waals surface area contributed by atoms with Crippen LogP contribution in [0.25, 0.3) is 0 Å². The number of thioether (sulfide) groups is 1. The highest BCUT2D eigenvalue weighted by atomic mass is 32.2. The molecule has 0 bridgehead atoms. The highest BCUT2D eigenvalue weighted by Crippen LogP contribution is 2.38. The summed E-state index contributed by atoms with van der Waals surface area (Å²) in [6.45, 7) is 0.281. The van der Waals surface area contributed by atoms with Gasteiger partial charge in [0.25, 0.3) is 0 Å². The number of carbonyl (C=O) groups excluding carboxylic acids is 1. The Hall–Kier alpha value is -1.36. The molecule has 1 aromatic carbocycles. The van der Waals surface area contributed by atoms with Crippen LogP contribution in [0.15, 0.2) is 18.2 Å². The summed E-state index contributed by atoms with van der Waals surface area (Å²) in [4.78, 5) is 11.1. The van der Waals surface area contributed by atoms with Gasteiger partial charge in [0.1, 0.15) is 5.37 Å². The molecule has 1 fully saturated rings. The first kappa shape index (κ1) is 8.91. The van der Waals surface area contributed by atoms with Gasteiger partial charge in [0.15, 0.2) is 11.5 Å². The van der Waals surface area contributed by atoms with Crippen LogP contribution >= 0.6 is 11.8 Å². The van der Waals surface area contributed by atoms with Gasteiger partial charge in [0.05, 0.1) is 5.75 Å². The van der Waals surface area contributed by atoms with E-state index in [0.29, 0.717) is 5.75 Å². The first-order chi connectivity index (χ1) is 7.33. The zero-order valence-electron chi connectivity index (χ0n) is 7.86. The van der Waals surface area contributed by atoms with Crippen molar-refractivity contribution in [3.05, 3.63) is 23.8 Å². The van der Waals surface area contributed by atoms with Crippen molar-refractivity contribution < 1.29 is 14.3 Å². The zero-order valence-corrected chi connectivity index (χ0v) is 8.67. The number of rotatable bonds is 1. The summed E-state index contributed by atoms with van der Waals surface area (Å²) >= 11 is 1.59. The molecule has 1 atom stereocenters. The highest BCUT2D eigenvalue weighted by Gasteiger charge is 2.24. The van der Waals surface area contributed by atoms with Gasteiger partial charge in [-0.3, -0.25) is 4.79 Å². The van der Waals surface area contributed by atoms with Crippen molar-refractivity contribution in [2.75, 3.05) is 12.5 Å². The van der Waals surface area contributed by atoms with Gasteiger partial charge in [-0.15, -0.1) is 11.8 Å². The average Bonchev–Trinajstić information content (AvgIpc) is 2.84. The number of fused-ring (bicyclic) bond motifs is 1. The molecule has 0 unspecified atom stereocenters. The van der Waals surface area contributed by atoms with Gasteiger partial charge in [0.2, 0.25) is 12.7 Å². The summed E-state index contributed by atoms with van der Waals surface area (Å²) < 4.78 is 10.5. The van der Waals surface area contributed by atoms with Gasteiger partial charge in [-0.1, -0.05) is 6.07 Å². The molecule has 0 aromatic heterocycles. The van der Waals surface area contributed by atoms with Crippen molar-refractivity contribution in [2.24, 2.45) is 0 Å². The summed E-state index contributed by atoms with van der Waals surface area (Å²) in [5.74, 6) is 2.14. The van der Waals surface area contributed by atoms with Crippen molar-refractivity contribution in [3.8, 4) is 11.5 Å². The van der Waals surface area contributed by atoms with Crippen molar-refractivity contribution in [3.63, 3.8) is 0 Å². The molecule has 0 spiro atoms. The monoisotopic (exact) mass is 223 g/mol. The van der Waals surface area contributed by atoms with E-state index >= 15 is 0 Å². The summed E-state index contributed by atoms with van der Waals surface area (Å²) in [7, 11) is 0. The van der Waals surface area contributed by atoms with Crippen LogP contribution in [-0.2, 0) is 4.79 Å². The van der Waals surface area contributed by atoms with Crippen molar-refractivity contribution >= 4 is 17.7 Å². The van der Waals surface area contributed by atoms with Crippen LogP contribution in [0.2, 0.25) is 0 Å². The minimum absolute atomic E-state index is 0.0481. The first-order valence-electron chi connectivity index (χ1n) is 4.63. The van der Waals surface area contributed by atoms with E-state index in [9.17, 15) is 4.79 Å². The lowest BCUT2D eigenvalue weighted by atomic mass is 10.2. The Morgan fingerprint density at radius 2 is 2.20 bits per heavy atom. The molecule has 15 heavy (non-hydrogen) atoms. The SMILES string of the molecule is O=C1CS[C@@H](c2ccc3c(c2)OCO3)N1. The van der Waals surface area contributed by atoms with E-state index in [1.165, 1.54) is 0 Å². The lowest BCUT2D eigenvalue weighted by molar-refractivity contribution is -0.118. The van der Waals surface area contributed by atoms with E-state index in [0.717, 1.165) is 17.1 Å². The van der Waals surface area contributed by atoms with Gasteiger partial charge in [0, 0.05) is 0 Å². The van der Waals surface area contributed by atoms with Crippen LogP contribution in [-0.4, -0.2) is 18.5 Å². The third kappa shape index (κ3) is 1.52. The maximum absolute atomic E-state index is 11.1. The van der Waals surface area contributed by atoms with Crippen molar-refractivity contribution in [1.82, 2.24) is 5.32 Å². The molecule has 2 heterocycles. The molecule has 1 aromatic rings. The van der Waals surface area contributed by atoms with Gasteiger partial charge in [-0.25, -0.2) is 0 Å². The number of hydrogen-bond donors (Lipinski definition) is 1. The molecular formula is C10H9NO3S. The minimum atomic E-state index is 0.0481. The Morgan fingerprint density at radius 1 is 1.33 bits per heavy atom. The van der Waals surface area contributed by atoms with Gasteiger partial charge >= 0.3 is 0 Å². The Bertz CT molecular complexity index is 421. The molecule has 1 N–H and O–H groups in total. The molecule has 4 nitrogen and oxygen atoms in total. The Morgan fingerprint density at radius 3 is 3.00 bits per heavy atom. The van der Waals surface area contributed by atoms with Gasteiger partial charge in [-0.05, 0) is 17.7 Å². The van der Waals surface area contributed by atoms with E-state index in [4.69, 9.17) is 9.47 Å². The maximum Gasteiger partial charge on any atom is 0.231 e. The maximum atomic E-state index is 11.1. The first-order valence-corrected chi connectivity index (χ1v) is 5.68. The van der Waals surface area contributed by atoms with Gasteiger partial charge in [-0.2, -0.15) is 0 Å². The topological polar surface area (TPSA) is 47.6 Å². The Balaban J connectivity index is 1.89. The second kappa shape index (κ2) is 3.34. The fourth-order valence-electron chi connectivity index (χ4n) is 1.64. The van der Waals surface area contributed by atoms with Crippen molar-refractivity contribution in [1.29, 1.82) is 0 Å². The summed E-state index contributed by atoms with van der Waals surface area (Å²) in [5.41, 5.74) is 1.05. The molecule has 2 aliphatic rings. The number of ether oxygens (including phenoxy) is 2. The van der Waals surface area contributed by atoms with Crippen molar-refractivity contribution in [2.45, 2.75) is 5.37 Å². The second-order valence-electron chi connectivity index (χ2n) is 3.37. The van der Waals surface area contributed by atoms with Gasteiger partial charge < -0.3 is 14.8 Å². The molecule has 3 rings (SSSR count). The number of hydrogen-bond acceptors (Lipinski definition) is 4. The van der Waals surface area contributed by atoms with Crippen LogP contribution in [0.3, 0.4) is 0 Å². The molecule has 0 radical (unpaired) electrons.